The van der Waals surface area contributed by atoms with Gasteiger partial charge in [-0.15, -0.1) is 0 Å². The van der Waals surface area contributed by atoms with Crippen molar-refractivity contribution in [2.45, 2.75) is 53.4 Å². The summed E-state index contributed by atoms with van der Waals surface area (Å²) in [6.45, 7) is 16.2. The van der Waals surface area contributed by atoms with Gasteiger partial charge < -0.3 is 5.41 Å². The van der Waals surface area contributed by atoms with E-state index in [1.807, 2.05) is 13.8 Å². The van der Waals surface area contributed by atoms with Crippen molar-refractivity contribution in [3.05, 3.63) is 102 Å². The van der Waals surface area contributed by atoms with E-state index in [1.165, 1.54) is 22.3 Å². The molecule has 2 aromatic carbocycles. The van der Waals surface area contributed by atoms with E-state index >= 15 is 0 Å². The molecule has 1 atom stereocenters. The van der Waals surface area contributed by atoms with E-state index in [0.717, 1.165) is 12.0 Å². The molecule has 0 heterocycles. The third-order valence-corrected chi connectivity index (χ3v) is 4.75. The largest absolute Gasteiger partial charge is 0.310 e. The van der Waals surface area contributed by atoms with Gasteiger partial charge in [-0.2, -0.15) is 0 Å². The smallest absolute Gasteiger partial charge is 0.0377 e. The molecule has 0 saturated heterocycles. The lowest BCUT2D eigenvalue weighted by Gasteiger charge is -2.32. The van der Waals surface area contributed by atoms with Crippen LogP contribution in [0.25, 0.3) is 5.57 Å². The van der Waals surface area contributed by atoms with Gasteiger partial charge in [0.05, 0.1) is 0 Å². The van der Waals surface area contributed by atoms with Crippen molar-refractivity contribution in [1.82, 2.24) is 0 Å². The van der Waals surface area contributed by atoms with Gasteiger partial charge in [-0.25, -0.2) is 0 Å². The van der Waals surface area contributed by atoms with Gasteiger partial charge in [0, 0.05) is 11.1 Å². The van der Waals surface area contributed by atoms with Crippen LogP contribution in [0.3, 0.4) is 0 Å². The van der Waals surface area contributed by atoms with E-state index in [-0.39, 0.29) is 5.41 Å². The Morgan fingerprint density at radius 3 is 2.00 bits per heavy atom. The highest BCUT2D eigenvalue weighted by Crippen LogP contribution is 2.39. The molecule has 0 bridgehead atoms. The van der Waals surface area contributed by atoms with Crippen LogP contribution in [0.2, 0.25) is 0 Å². The molecule has 0 saturated carbocycles. The molecule has 1 N–H and O–H groups in total. The maximum Gasteiger partial charge on any atom is 0.0377 e. The van der Waals surface area contributed by atoms with Gasteiger partial charge in [0.25, 0.3) is 0 Å². The summed E-state index contributed by atoms with van der Waals surface area (Å²) in [4.78, 5) is 0. The molecular formula is C27H35N. The first-order valence-corrected chi connectivity index (χ1v) is 10.1. The fourth-order valence-corrected chi connectivity index (χ4v) is 3.11. The zero-order valence-corrected chi connectivity index (χ0v) is 18.3. The van der Waals surface area contributed by atoms with Gasteiger partial charge in [-0.1, -0.05) is 92.8 Å². The summed E-state index contributed by atoms with van der Waals surface area (Å²) in [5.41, 5.74) is 6.85. The highest BCUT2D eigenvalue weighted by atomic mass is 14.3. The summed E-state index contributed by atoms with van der Waals surface area (Å²) in [7, 11) is 0. The minimum atomic E-state index is -0.167. The predicted octanol–water partition coefficient (Wildman–Crippen LogP) is 7.98. The Morgan fingerprint density at radius 2 is 1.50 bits per heavy atom. The van der Waals surface area contributed by atoms with Crippen LogP contribution in [0, 0.1) is 5.41 Å². The van der Waals surface area contributed by atoms with E-state index in [9.17, 15) is 0 Å². The standard InChI is InChI=1S/C22H22.C3H7N.C2H6/c1-17(2)22(3,20-13-5-4-6-14-20)21-15-9-12-19(16-21)18-10-7-8-11-18;1-3(2)4;1-2/h4-7,9-16H,1,8H2,2-3H3;4H,1-2H3;1-2H3. The normalized spacial score (nSPS) is 13.9. The average Bonchev–Trinajstić information content (AvgIpc) is 3.24. The van der Waals surface area contributed by atoms with Gasteiger partial charge in [-0.3, -0.25) is 0 Å². The molecule has 0 radical (unpaired) electrons. The second-order valence-corrected chi connectivity index (χ2v) is 7.15. The van der Waals surface area contributed by atoms with Crippen LogP contribution in [0.15, 0.2) is 85.0 Å². The molecule has 1 aliphatic rings. The fourth-order valence-electron chi connectivity index (χ4n) is 3.11. The molecule has 1 aliphatic carbocycles. The number of hydrogen-bond donors (Lipinski definition) is 1. The summed E-state index contributed by atoms with van der Waals surface area (Å²) in [6.07, 6.45) is 7.73. The molecule has 28 heavy (non-hydrogen) atoms. The topological polar surface area (TPSA) is 23.9 Å². The Balaban J connectivity index is 0.000000583. The third-order valence-electron chi connectivity index (χ3n) is 4.75. The van der Waals surface area contributed by atoms with Gasteiger partial charge in [0.1, 0.15) is 0 Å². The first kappa shape index (κ1) is 23.4. The molecule has 1 unspecified atom stereocenters. The summed E-state index contributed by atoms with van der Waals surface area (Å²) >= 11 is 0. The summed E-state index contributed by atoms with van der Waals surface area (Å²) < 4.78 is 0. The zero-order valence-electron chi connectivity index (χ0n) is 18.3. The van der Waals surface area contributed by atoms with Crippen molar-refractivity contribution in [1.29, 1.82) is 5.41 Å². The Bertz CT molecular complexity index is 836. The van der Waals surface area contributed by atoms with E-state index < -0.39 is 0 Å². The van der Waals surface area contributed by atoms with Crippen LogP contribution in [-0.2, 0) is 5.41 Å². The maximum atomic E-state index is 6.50. The number of rotatable bonds is 4. The summed E-state index contributed by atoms with van der Waals surface area (Å²) in [5, 5.41) is 6.50. The van der Waals surface area contributed by atoms with Crippen molar-refractivity contribution in [2.75, 3.05) is 0 Å². The quantitative estimate of drug-likeness (QED) is 0.415. The number of nitrogens with one attached hydrogen (secondary N) is 1. The van der Waals surface area contributed by atoms with Gasteiger partial charge >= 0.3 is 0 Å². The first-order valence-electron chi connectivity index (χ1n) is 10.1. The molecule has 148 valence electrons. The van der Waals surface area contributed by atoms with Crippen molar-refractivity contribution in [3.63, 3.8) is 0 Å². The third kappa shape index (κ3) is 5.92. The van der Waals surface area contributed by atoms with Crippen LogP contribution in [0.4, 0.5) is 0 Å². The number of allylic oxidation sites excluding steroid dienone is 5. The lowest BCUT2D eigenvalue weighted by atomic mass is 9.71. The van der Waals surface area contributed by atoms with Crippen LogP contribution in [0.5, 0.6) is 0 Å². The molecule has 0 spiro atoms. The Labute approximate surface area is 172 Å². The molecule has 0 aromatic heterocycles. The molecule has 2 aromatic rings. The molecule has 0 fully saturated rings. The Kier molecular flexibility index (Phi) is 9.38. The van der Waals surface area contributed by atoms with E-state index in [1.54, 1.807) is 13.8 Å². The minimum absolute atomic E-state index is 0.167. The highest BCUT2D eigenvalue weighted by Gasteiger charge is 2.29. The van der Waals surface area contributed by atoms with Gasteiger partial charge in [0.2, 0.25) is 0 Å². The number of hydrogen-bond acceptors (Lipinski definition) is 1. The first-order chi connectivity index (χ1) is 13.4. The van der Waals surface area contributed by atoms with Crippen LogP contribution in [0.1, 0.15) is 64.7 Å². The minimum Gasteiger partial charge on any atom is -0.310 e. The van der Waals surface area contributed by atoms with Crippen molar-refractivity contribution in [2.24, 2.45) is 0 Å². The van der Waals surface area contributed by atoms with Crippen LogP contribution >= 0.6 is 0 Å². The van der Waals surface area contributed by atoms with E-state index in [4.69, 9.17) is 5.41 Å². The summed E-state index contributed by atoms with van der Waals surface area (Å²) in [5.74, 6) is 0. The Morgan fingerprint density at radius 1 is 0.929 bits per heavy atom. The summed E-state index contributed by atoms with van der Waals surface area (Å²) in [6, 6.07) is 19.5. The van der Waals surface area contributed by atoms with Crippen LogP contribution < -0.4 is 0 Å². The predicted molar refractivity (Wildman–Crippen MR) is 126 cm³/mol. The number of benzene rings is 2. The van der Waals surface area contributed by atoms with Crippen molar-refractivity contribution < 1.29 is 0 Å². The van der Waals surface area contributed by atoms with E-state index in [0.29, 0.717) is 5.71 Å². The molecule has 3 rings (SSSR count). The Hall–Kier alpha value is -2.67. The lowest BCUT2D eigenvalue weighted by Crippen LogP contribution is -2.24. The highest BCUT2D eigenvalue weighted by molar-refractivity contribution is 5.77. The van der Waals surface area contributed by atoms with Gasteiger partial charge in [0.15, 0.2) is 0 Å². The second kappa shape index (κ2) is 11.2. The lowest BCUT2D eigenvalue weighted by molar-refractivity contribution is 0.676. The second-order valence-electron chi connectivity index (χ2n) is 7.15. The fraction of sp³-hybridized carbons (Fsp3) is 0.296. The molecule has 1 nitrogen and oxygen atoms in total. The molecular weight excluding hydrogens is 338 g/mol. The van der Waals surface area contributed by atoms with Crippen molar-refractivity contribution in [3.8, 4) is 0 Å². The average molecular weight is 374 g/mol. The van der Waals surface area contributed by atoms with Crippen molar-refractivity contribution >= 4 is 11.3 Å². The SMILES string of the molecule is C=C(C)C(C)(c1ccccc1)c1cccc(C2=CCC=C2)c1.CC.CC(C)=N. The van der Waals surface area contributed by atoms with Crippen LogP contribution in [-0.4, -0.2) is 5.71 Å². The monoisotopic (exact) mass is 373 g/mol. The molecule has 0 amide bonds. The molecule has 0 aliphatic heterocycles. The maximum absolute atomic E-state index is 6.50. The van der Waals surface area contributed by atoms with Gasteiger partial charge in [-0.05, 0) is 62.4 Å². The molecule has 1 heteroatoms. The van der Waals surface area contributed by atoms with E-state index in [2.05, 4.69) is 93.3 Å². The zero-order chi connectivity index (χ0) is 21.2.